The zero-order valence-corrected chi connectivity index (χ0v) is 12.5. The Morgan fingerprint density at radius 1 is 1.40 bits per heavy atom. The number of fused-ring (bicyclic) bond motifs is 1. The summed E-state index contributed by atoms with van der Waals surface area (Å²) in [6, 6.07) is 5.79. The Labute approximate surface area is 118 Å². The fraction of sp³-hybridized carbons (Fsp3) is 0.467. The lowest BCUT2D eigenvalue weighted by Gasteiger charge is -2.19. The van der Waals surface area contributed by atoms with Gasteiger partial charge >= 0.3 is 0 Å². The largest absolute Gasteiger partial charge is 0.497 e. The summed E-state index contributed by atoms with van der Waals surface area (Å²) in [4.78, 5) is 18.9. The van der Waals surface area contributed by atoms with Gasteiger partial charge < -0.3 is 9.64 Å². The van der Waals surface area contributed by atoms with E-state index in [1.165, 1.54) is 0 Å². The molecule has 0 aliphatic heterocycles. The SMILES string of the molecule is COc1ccc2ncn(CC[C@@H](C)N(C)C)c(=O)c2c1. The normalized spacial score (nSPS) is 12.8. The van der Waals surface area contributed by atoms with Crippen molar-refractivity contribution in [2.45, 2.75) is 25.9 Å². The van der Waals surface area contributed by atoms with Gasteiger partial charge in [0.15, 0.2) is 0 Å². The summed E-state index contributed by atoms with van der Waals surface area (Å²) >= 11 is 0. The fourth-order valence-electron chi connectivity index (χ4n) is 2.01. The van der Waals surface area contributed by atoms with Crippen LogP contribution in [0.1, 0.15) is 13.3 Å². The van der Waals surface area contributed by atoms with E-state index in [0.717, 1.165) is 6.42 Å². The maximum atomic E-state index is 12.4. The van der Waals surface area contributed by atoms with Gasteiger partial charge in [0.2, 0.25) is 0 Å². The second-order valence-electron chi connectivity index (χ2n) is 5.23. The molecule has 0 bridgehead atoms. The minimum absolute atomic E-state index is 0.0140. The van der Waals surface area contributed by atoms with E-state index in [9.17, 15) is 4.79 Å². The number of benzene rings is 1. The van der Waals surface area contributed by atoms with Crippen LogP contribution in [-0.4, -0.2) is 41.7 Å². The van der Waals surface area contributed by atoms with Crippen LogP contribution in [0.5, 0.6) is 5.75 Å². The lowest BCUT2D eigenvalue weighted by molar-refractivity contribution is 0.287. The summed E-state index contributed by atoms with van der Waals surface area (Å²) in [6.07, 6.45) is 2.53. The average Bonchev–Trinajstić information content (AvgIpc) is 2.45. The molecule has 2 aromatic rings. The van der Waals surface area contributed by atoms with Crippen LogP contribution in [-0.2, 0) is 6.54 Å². The van der Waals surface area contributed by atoms with Crippen molar-refractivity contribution >= 4 is 10.9 Å². The summed E-state index contributed by atoms with van der Waals surface area (Å²) in [6.45, 7) is 2.81. The molecule has 5 heteroatoms. The summed E-state index contributed by atoms with van der Waals surface area (Å²) < 4.78 is 6.83. The summed E-state index contributed by atoms with van der Waals surface area (Å²) in [5.74, 6) is 0.677. The molecule has 0 radical (unpaired) electrons. The molecular weight excluding hydrogens is 254 g/mol. The third kappa shape index (κ3) is 2.99. The first kappa shape index (κ1) is 14.5. The first-order valence-corrected chi connectivity index (χ1v) is 6.72. The lowest BCUT2D eigenvalue weighted by Crippen LogP contribution is -2.28. The number of hydrogen-bond acceptors (Lipinski definition) is 4. The zero-order valence-electron chi connectivity index (χ0n) is 12.5. The van der Waals surface area contributed by atoms with Gasteiger partial charge in [0.05, 0.1) is 24.3 Å². The molecule has 0 saturated heterocycles. The highest BCUT2D eigenvalue weighted by Gasteiger charge is 2.08. The van der Waals surface area contributed by atoms with Gasteiger partial charge in [-0.25, -0.2) is 4.98 Å². The molecule has 1 aromatic carbocycles. The molecule has 0 unspecified atom stereocenters. The van der Waals surface area contributed by atoms with Crippen LogP contribution < -0.4 is 10.3 Å². The molecule has 0 spiro atoms. The molecule has 1 heterocycles. The van der Waals surface area contributed by atoms with Crippen molar-refractivity contribution in [3.05, 3.63) is 34.9 Å². The van der Waals surface area contributed by atoms with E-state index in [1.54, 1.807) is 24.1 Å². The molecule has 20 heavy (non-hydrogen) atoms. The summed E-state index contributed by atoms with van der Waals surface area (Å²) in [5.41, 5.74) is 0.688. The van der Waals surface area contributed by atoms with E-state index in [2.05, 4.69) is 16.8 Å². The first-order chi connectivity index (χ1) is 9.52. The molecule has 0 amide bonds. The van der Waals surface area contributed by atoms with Gasteiger partial charge in [-0.2, -0.15) is 0 Å². The Balaban J connectivity index is 2.31. The van der Waals surface area contributed by atoms with Crippen molar-refractivity contribution in [1.29, 1.82) is 0 Å². The van der Waals surface area contributed by atoms with Crippen LogP contribution in [0, 0.1) is 0 Å². The lowest BCUT2D eigenvalue weighted by atomic mass is 10.2. The molecule has 2 rings (SSSR count). The van der Waals surface area contributed by atoms with Gasteiger partial charge in [0.25, 0.3) is 5.56 Å². The van der Waals surface area contributed by atoms with Gasteiger partial charge in [-0.1, -0.05) is 0 Å². The highest BCUT2D eigenvalue weighted by molar-refractivity contribution is 5.78. The van der Waals surface area contributed by atoms with Crippen LogP contribution in [0.25, 0.3) is 10.9 Å². The predicted octanol–water partition coefficient (Wildman–Crippen LogP) is 1.75. The van der Waals surface area contributed by atoms with E-state index in [0.29, 0.717) is 29.2 Å². The predicted molar refractivity (Wildman–Crippen MR) is 80.3 cm³/mol. The van der Waals surface area contributed by atoms with Gasteiger partial charge in [-0.15, -0.1) is 0 Å². The zero-order chi connectivity index (χ0) is 14.7. The van der Waals surface area contributed by atoms with Crippen molar-refractivity contribution in [2.75, 3.05) is 21.2 Å². The quantitative estimate of drug-likeness (QED) is 0.834. The van der Waals surface area contributed by atoms with Crippen LogP contribution in [0.3, 0.4) is 0 Å². The van der Waals surface area contributed by atoms with Crippen LogP contribution in [0.4, 0.5) is 0 Å². The summed E-state index contributed by atoms with van der Waals surface area (Å²) in [7, 11) is 5.67. The Kier molecular flexibility index (Phi) is 4.39. The Bertz CT molecular complexity index is 649. The number of methoxy groups -OCH3 is 1. The third-order valence-electron chi connectivity index (χ3n) is 3.70. The standard InChI is InChI=1S/C15H21N3O2/c1-11(17(2)3)7-8-18-10-16-14-6-5-12(20-4)9-13(14)15(18)19/h5-6,9-11H,7-8H2,1-4H3/t11-/m1/s1. The molecule has 0 aliphatic rings. The van der Waals surface area contributed by atoms with Crippen LogP contribution >= 0.6 is 0 Å². The minimum atomic E-state index is -0.0140. The molecule has 0 aliphatic carbocycles. The Morgan fingerprint density at radius 2 is 2.15 bits per heavy atom. The van der Waals surface area contributed by atoms with Crippen molar-refractivity contribution in [2.24, 2.45) is 0 Å². The average molecular weight is 275 g/mol. The third-order valence-corrected chi connectivity index (χ3v) is 3.70. The van der Waals surface area contributed by atoms with E-state index < -0.39 is 0 Å². The maximum absolute atomic E-state index is 12.4. The van der Waals surface area contributed by atoms with Crippen molar-refractivity contribution in [3.63, 3.8) is 0 Å². The van der Waals surface area contributed by atoms with E-state index >= 15 is 0 Å². The smallest absolute Gasteiger partial charge is 0.261 e. The maximum Gasteiger partial charge on any atom is 0.261 e. The molecule has 1 atom stereocenters. The molecule has 0 saturated carbocycles. The second kappa shape index (κ2) is 6.05. The Hall–Kier alpha value is -1.88. The van der Waals surface area contributed by atoms with E-state index in [-0.39, 0.29) is 5.56 Å². The van der Waals surface area contributed by atoms with Gasteiger partial charge in [-0.3, -0.25) is 9.36 Å². The first-order valence-electron chi connectivity index (χ1n) is 6.72. The van der Waals surface area contributed by atoms with Crippen LogP contribution in [0.2, 0.25) is 0 Å². The second-order valence-corrected chi connectivity index (χ2v) is 5.23. The topological polar surface area (TPSA) is 47.4 Å². The van der Waals surface area contributed by atoms with Crippen molar-refractivity contribution in [1.82, 2.24) is 14.5 Å². The molecule has 0 fully saturated rings. The van der Waals surface area contributed by atoms with Crippen molar-refractivity contribution < 1.29 is 4.74 Å². The Morgan fingerprint density at radius 3 is 2.80 bits per heavy atom. The fourth-order valence-corrected chi connectivity index (χ4v) is 2.01. The highest BCUT2D eigenvalue weighted by atomic mass is 16.5. The monoisotopic (exact) mass is 275 g/mol. The van der Waals surface area contributed by atoms with Gasteiger partial charge in [-0.05, 0) is 45.6 Å². The highest BCUT2D eigenvalue weighted by Crippen LogP contribution is 2.15. The molecular formula is C15H21N3O2. The molecule has 0 N–H and O–H groups in total. The molecule has 1 aromatic heterocycles. The minimum Gasteiger partial charge on any atom is -0.497 e. The number of aromatic nitrogens is 2. The van der Waals surface area contributed by atoms with Gasteiger partial charge in [0.1, 0.15) is 5.75 Å². The molecule has 108 valence electrons. The number of nitrogens with zero attached hydrogens (tertiary/aromatic N) is 3. The summed E-state index contributed by atoms with van der Waals surface area (Å²) in [5, 5.41) is 0.601. The van der Waals surface area contributed by atoms with Crippen LogP contribution in [0.15, 0.2) is 29.3 Å². The van der Waals surface area contributed by atoms with Crippen molar-refractivity contribution in [3.8, 4) is 5.75 Å². The van der Waals surface area contributed by atoms with Gasteiger partial charge in [0, 0.05) is 12.6 Å². The number of ether oxygens (including phenoxy) is 1. The molecule has 5 nitrogen and oxygen atoms in total. The number of rotatable bonds is 5. The van der Waals surface area contributed by atoms with E-state index in [1.807, 2.05) is 26.2 Å². The number of hydrogen-bond donors (Lipinski definition) is 0. The number of aryl methyl sites for hydroxylation is 1. The van der Waals surface area contributed by atoms with E-state index in [4.69, 9.17) is 4.74 Å².